The highest BCUT2D eigenvalue weighted by Gasteiger charge is 2.57. The molecule has 0 spiro atoms. The van der Waals surface area contributed by atoms with Gasteiger partial charge in [0.15, 0.2) is 11.6 Å². The van der Waals surface area contributed by atoms with E-state index in [9.17, 15) is 24.3 Å². The molecule has 2 aromatic rings. The average Bonchev–Trinajstić information content (AvgIpc) is 3.24. The van der Waals surface area contributed by atoms with Gasteiger partial charge in [-0.25, -0.2) is 0 Å². The number of amides is 2. The van der Waals surface area contributed by atoms with Gasteiger partial charge in [0, 0.05) is 40.3 Å². The highest BCUT2D eigenvalue weighted by molar-refractivity contribution is 6.25. The summed E-state index contributed by atoms with van der Waals surface area (Å²) in [6, 6.07) is 10.1. The number of imide groups is 1. The van der Waals surface area contributed by atoms with Crippen molar-refractivity contribution in [2.75, 3.05) is 19.1 Å². The summed E-state index contributed by atoms with van der Waals surface area (Å²) in [5, 5.41) is 11.2. The summed E-state index contributed by atoms with van der Waals surface area (Å²) in [7, 11) is 2.91. The summed E-state index contributed by atoms with van der Waals surface area (Å²) in [4.78, 5) is 55.9. The molecular formula is C33H29NO7. The number of hydrogen-bond acceptors (Lipinski definition) is 7. The number of carbonyl (C=O) groups is 4. The number of ketones is 2. The Hall–Kier alpha value is -4.72. The first-order chi connectivity index (χ1) is 19.7. The van der Waals surface area contributed by atoms with E-state index in [4.69, 9.17) is 9.47 Å². The number of phenolic OH excluding ortho intramolecular Hbond substituents is 1. The van der Waals surface area contributed by atoms with Crippen LogP contribution in [-0.2, 0) is 19.2 Å². The van der Waals surface area contributed by atoms with E-state index in [-0.39, 0.29) is 53.3 Å². The number of methoxy groups -OCH3 is 2. The molecule has 41 heavy (non-hydrogen) atoms. The first-order valence-electron chi connectivity index (χ1n) is 13.5. The Morgan fingerprint density at radius 2 is 1.73 bits per heavy atom. The lowest BCUT2D eigenvalue weighted by molar-refractivity contribution is -0.123. The van der Waals surface area contributed by atoms with Crippen molar-refractivity contribution < 1.29 is 33.8 Å². The van der Waals surface area contributed by atoms with Gasteiger partial charge in [0.05, 0.1) is 31.7 Å². The fourth-order valence-corrected chi connectivity index (χ4v) is 6.89. The second-order valence-electron chi connectivity index (χ2n) is 10.8. The Labute approximate surface area is 237 Å². The number of carbonyl (C=O) groups excluding carboxylic acids is 4. The van der Waals surface area contributed by atoms with Crippen LogP contribution in [0.1, 0.15) is 36.8 Å². The lowest BCUT2D eigenvalue weighted by Crippen LogP contribution is -2.40. The minimum atomic E-state index is -0.838. The number of allylic oxidation sites excluding steroid dienone is 6. The summed E-state index contributed by atoms with van der Waals surface area (Å²) in [6.45, 7) is 5.35. The molecule has 1 fully saturated rings. The molecule has 4 aliphatic rings. The molecule has 1 saturated heterocycles. The number of fused-ring (bicyclic) bond motifs is 3. The molecule has 0 aromatic heterocycles. The molecule has 2 amide bonds. The second kappa shape index (κ2) is 9.73. The third-order valence-electron chi connectivity index (χ3n) is 8.79. The second-order valence-corrected chi connectivity index (χ2v) is 10.8. The van der Waals surface area contributed by atoms with Gasteiger partial charge in [0.2, 0.25) is 11.8 Å². The van der Waals surface area contributed by atoms with Crippen molar-refractivity contribution in [1.82, 2.24) is 0 Å². The van der Waals surface area contributed by atoms with Crippen molar-refractivity contribution in [3.63, 3.8) is 0 Å². The molecule has 8 heteroatoms. The predicted molar refractivity (Wildman–Crippen MR) is 152 cm³/mol. The van der Waals surface area contributed by atoms with E-state index in [2.05, 4.69) is 6.58 Å². The molecule has 0 saturated carbocycles. The third-order valence-corrected chi connectivity index (χ3v) is 8.79. The molecule has 4 atom stereocenters. The summed E-state index contributed by atoms with van der Waals surface area (Å²) in [5.41, 5.74) is 3.28. The number of anilines is 1. The smallest absolute Gasteiger partial charge is 0.238 e. The highest BCUT2D eigenvalue weighted by Crippen LogP contribution is 2.58. The molecule has 3 aliphatic carbocycles. The summed E-state index contributed by atoms with van der Waals surface area (Å²) < 4.78 is 11.0. The van der Waals surface area contributed by atoms with Crippen molar-refractivity contribution in [2.24, 2.45) is 17.8 Å². The first kappa shape index (κ1) is 26.5. The molecule has 6 rings (SSSR count). The van der Waals surface area contributed by atoms with Gasteiger partial charge in [-0.3, -0.25) is 24.1 Å². The van der Waals surface area contributed by atoms with Gasteiger partial charge in [0.1, 0.15) is 17.2 Å². The van der Waals surface area contributed by atoms with Gasteiger partial charge in [0.25, 0.3) is 0 Å². The fraction of sp³-hybridized carbons (Fsp3) is 0.273. The Bertz CT molecular complexity index is 1640. The van der Waals surface area contributed by atoms with Crippen LogP contribution in [0, 0.1) is 17.8 Å². The molecule has 0 radical (unpaired) electrons. The van der Waals surface area contributed by atoms with Gasteiger partial charge in [-0.1, -0.05) is 36.4 Å². The largest absolute Gasteiger partial charge is 0.507 e. The van der Waals surface area contributed by atoms with Crippen molar-refractivity contribution in [1.29, 1.82) is 0 Å². The maximum absolute atomic E-state index is 14.0. The van der Waals surface area contributed by atoms with Gasteiger partial charge in [-0.15, -0.1) is 0 Å². The third kappa shape index (κ3) is 3.89. The topological polar surface area (TPSA) is 110 Å². The quantitative estimate of drug-likeness (QED) is 0.326. The van der Waals surface area contributed by atoms with Crippen LogP contribution in [0.5, 0.6) is 17.2 Å². The molecule has 0 bridgehead atoms. The molecule has 1 heterocycles. The van der Waals surface area contributed by atoms with Crippen LogP contribution < -0.4 is 14.4 Å². The standard InChI is InChI=1S/C33H29NO7/c1-5-17-6-8-18(9-7-17)34-32(38)21-11-10-20-22(27(21)33(34)39)15-23-28(24(35)12-16(2)31(23)37)29(20)30-25(36)13-19(40-3)14-26(30)41-4/h5-10,12-14,21-22,27,29,36H,1,11,15H2,2-4H3. The fourth-order valence-electron chi connectivity index (χ4n) is 6.89. The maximum atomic E-state index is 14.0. The predicted octanol–water partition coefficient (Wildman–Crippen LogP) is 4.69. The molecule has 2 aromatic carbocycles. The zero-order valence-electron chi connectivity index (χ0n) is 23.0. The average molecular weight is 552 g/mol. The van der Waals surface area contributed by atoms with Gasteiger partial charge >= 0.3 is 0 Å². The number of hydrogen-bond donors (Lipinski definition) is 1. The van der Waals surface area contributed by atoms with Crippen LogP contribution in [0.15, 0.2) is 77.4 Å². The van der Waals surface area contributed by atoms with Crippen molar-refractivity contribution >= 4 is 35.1 Å². The minimum absolute atomic E-state index is 0.149. The van der Waals surface area contributed by atoms with Crippen molar-refractivity contribution in [2.45, 2.75) is 25.7 Å². The van der Waals surface area contributed by atoms with E-state index in [0.29, 0.717) is 28.1 Å². The molecule has 4 unspecified atom stereocenters. The highest BCUT2D eigenvalue weighted by atomic mass is 16.5. The number of aromatic hydroxyl groups is 1. The first-order valence-corrected chi connectivity index (χ1v) is 13.5. The van der Waals surface area contributed by atoms with Gasteiger partial charge < -0.3 is 14.6 Å². The monoisotopic (exact) mass is 551 g/mol. The zero-order chi connectivity index (χ0) is 29.2. The SMILES string of the molecule is C=Cc1ccc(N2C(=O)C3CC=C4C(c5c(O)cc(OC)cc5OC)C5=C(CC4C3C2=O)C(=O)C(C)=CC5=O)cc1. The molecule has 1 aliphatic heterocycles. The Balaban J connectivity index is 1.51. The number of benzene rings is 2. The Morgan fingerprint density at radius 3 is 2.39 bits per heavy atom. The molecule has 1 N–H and O–H groups in total. The normalized spacial score (nSPS) is 25.3. The number of nitrogens with zero attached hydrogens (tertiary/aromatic N) is 1. The molecule has 208 valence electrons. The van der Waals surface area contributed by atoms with E-state index < -0.39 is 23.7 Å². The van der Waals surface area contributed by atoms with Crippen LogP contribution in [0.25, 0.3) is 6.08 Å². The minimum Gasteiger partial charge on any atom is -0.507 e. The summed E-state index contributed by atoms with van der Waals surface area (Å²) in [5.74, 6) is -3.42. The van der Waals surface area contributed by atoms with E-state index in [0.717, 1.165) is 11.1 Å². The van der Waals surface area contributed by atoms with Crippen LogP contribution >= 0.6 is 0 Å². The Morgan fingerprint density at radius 1 is 1.00 bits per heavy atom. The van der Waals surface area contributed by atoms with E-state index in [1.54, 1.807) is 43.3 Å². The van der Waals surface area contributed by atoms with Crippen LogP contribution in [0.3, 0.4) is 0 Å². The van der Waals surface area contributed by atoms with Crippen LogP contribution in [-0.4, -0.2) is 42.7 Å². The van der Waals surface area contributed by atoms with E-state index >= 15 is 0 Å². The number of rotatable bonds is 5. The zero-order valence-corrected chi connectivity index (χ0v) is 23.0. The number of Topliss-reactive ketones (excluding diaryl/α,β-unsaturated/α-hetero) is 1. The van der Waals surface area contributed by atoms with Crippen LogP contribution in [0.2, 0.25) is 0 Å². The molecule has 8 nitrogen and oxygen atoms in total. The molecular weight excluding hydrogens is 522 g/mol. The Kier molecular flexibility index (Phi) is 6.29. The van der Waals surface area contributed by atoms with Crippen LogP contribution in [0.4, 0.5) is 5.69 Å². The summed E-state index contributed by atoms with van der Waals surface area (Å²) >= 11 is 0. The van der Waals surface area contributed by atoms with E-state index in [1.165, 1.54) is 31.3 Å². The number of ether oxygens (including phenoxy) is 2. The van der Waals surface area contributed by atoms with Crippen molar-refractivity contribution in [3.05, 3.63) is 88.5 Å². The van der Waals surface area contributed by atoms with Gasteiger partial charge in [-0.05, 0) is 49.5 Å². The van der Waals surface area contributed by atoms with Crippen molar-refractivity contribution in [3.8, 4) is 17.2 Å². The maximum Gasteiger partial charge on any atom is 0.238 e. The lowest BCUT2D eigenvalue weighted by atomic mass is 9.59. The lowest BCUT2D eigenvalue weighted by Gasteiger charge is -2.42. The van der Waals surface area contributed by atoms with E-state index in [1.807, 2.05) is 6.08 Å². The van der Waals surface area contributed by atoms with Gasteiger partial charge in [-0.2, -0.15) is 0 Å². The number of phenols is 1. The summed E-state index contributed by atoms with van der Waals surface area (Å²) in [6.07, 6.45) is 5.35.